The van der Waals surface area contributed by atoms with Crippen molar-refractivity contribution < 1.29 is 0 Å². The van der Waals surface area contributed by atoms with Crippen molar-refractivity contribution in [2.24, 2.45) is 5.84 Å². The average Bonchev–Trinajstić information content (AvgIpc) is 2.01. The lowest BCUT2D eigenvalue weighted by molar-refractivity contribution is 1.23. The van der Waals surface area contributed by atoms with Gasteiger partial charge in [-0.1, -0.05) is 6.07 Å². The zero-order chi connectivity index (χ0) is 8.43. The van der Waals surface area contributed by atoms with Gasteiger partial charge >= 0.3 is 0 Å². The SMILES string of the molecule is Cc1ccc(NN)c(C)c1C.Cl. The highest BCUT2D eigenvalue weighted by Gasteiger charge is 2.00. The number of nitrogen functional groups attached to an aromatic ring is 1. The van der Waals surface area contributed by atoms with Crippen LogP contribution in [0.15, 0.2) is 12.1 Å². The Morgan fingerprint density at radius 2 is 1.67 bits per heavy atom. The maximum atomic E-state index is 5.32. The smallest absolute Gasteiger partial charge is 0.0517 e. The van der Waals surface area contributed by atoms with Gasteiger partial charge in [-0.15, -0.1) is 12.4 Å². The van der Waals surface area contributed by atoms with Crippen molar-refractivity contribution in [3.8, 4) is 0 Å². The number of hydrogen-bond donors (Lipinski definition) is 2. The molecule has 0 saturated heterocycles. The number of aryl methyl sites for hydroxylation is 1. The number of nitrogens with two attached hydrogens (primary N) is 1. The quantitative estimate of drug-likeness (QED) is 0.522. The van der Waals surface area contributed by atoms with Gasteiger partial charge in [0.1, 0.15) is 0 Å². The Kier molecular flexibility index (Phi) is 4.07. The zero-order valence-corrected chi connectivity index (χ0v) is 8.46. The summed E-state index contributed by atoms with van der Waals surface area (Å²) in [6, 6.07) is 4.06. The summed E-state index contributed by atoms with van der Waals surface area (Å²) in [5.74, 6) is 5.32. The van der Waals surface area contributed by atoms with Crippen LogP contribution in [-0.2, 0) is 0 Å². The monoisotopic (exact) mass is 186 g/mol. The van der Waals surface area contributed by atoms with E-state index in [1.165, 1.54) is 16.7 Å². The first-order valence-corrected chi connectivity index (χ1v) is 3.70. The first-order chi connectivity index (χ1) is 5.16. The number of benzene rings is 1. The van der Waals surface area contributed by atoms with Crippen molar-refractivity contribution in [3.63, 3.8) is 0 Å². The molecule has 0 saturated carbocycles. The Balaban J connectivity index is 0.00000121. The van der Waals surface area contributed by atoms with Crippen LogP contribution in [0.4, 0.5) is 5.69 Å². The molecule has 0 heterocycles. The molecule has 1 aromatic carbocycles. The molecule has 3 heteroatoms. The second-order valence-corrected chi connectivity index (χ2v) is 2.82. The molecule has 0 unspecified atom stereocenters. The van der Waals surface area contributed by atoms with Crippen molar-refractivity contribution in [2.75, 3.05) is 5.43 Å². The minimum atomic E-state index is 0. The summed E-state index contributed by atoms with van der Waals surface area (Å²) < 4.78 is 0. The predicted octanol–water partition coefficient (Wildman–Crippen LogP) is 2.32. The second-order valence-electron chi connectivity index (χ2n) is 2.82. The second kappa shape index (κ2) is 4.33. The fourth-order valence-corrected chi connectivity index (χ4v) is 1.11. The Hall–Kier alpha value is -0.730. The van der Waals surface area contributed by atoms with Gasteiger partial charge in [-0.2, -0.15) is 0 Å². The minimum absolute atomic E-state index is 0. The van der Waals surface area contributed by atoms with Crippen LogP contribution >= 0.6 is 12.4 Å². The van der Waals surface area contributed by atoms with Crippen LogP contribution in [0.3, 0.4) is 0 Å². The highest BCUT2D eigenvalue weighted by atomic mass is 35.5. The molecule has 0 amide bonds. The highest BCUT2D eigenvalue weighted by Crippen LogP contribution is 2.19. The Morgan fingerprint density at radius 1 is 1.08 bits per heavy atom. The van der Waals surface area contributed by atoms with E-state index < -0.39 is 0 Å². The molecule has 0 fully saturated rings. The van der Waals surface area contributed by atoms with Crippen LogP contribution in [0.25, 0.3) is 0 Å². The lowest BCUT2D eigenvalue weighted by Gasteiger charge is -2.09. The number of hydrogen-bond acceptors (Lipinski definition) is 2. The van der Waals surface area contributed by atoms with E-state index in [4.69, 9.17) is 5.84 Å². The Bertz CT molecular complexity index is 271. The van der Waals surface area contributed by atoms with E-state index in [0.717, 1.165) is 5.69 Å². The molecule has 12 heavy (non-hydrogen) atoms. The van der Waals surface area contributed by atoms with Gasteiger partial charge in [-0.25, -0.2) is 0 Å². The largest absolute Gasteiger partial charge is 0.324 e. The topological polar surface area (TPSA) is 38.0 Å². The standard InChI is InChI=1S/C9H14N2.ClH/c1-6-4-5-9(11-10)8(3)7(6)2;/h4-5,11H,10H2,1-3H3;1H. The molecule has 0 aliphatic heterocycles. The molecular formula is C9H15ClN2. The minimum Gasteiger partial charge on any atom is -0.324 e. The van der Waals surface area contributed by atoms with E-state index in [0.29, 0.717) is 0 Å². The fraction of sp³-hybridized carbons (Fsp3) is 0.333. The van der Waals surface area contributed by atoms with Crippen LogP contribution in [0.5, 0.6) is 0 Å². The Labute approximate surface area is 79.5 Å². The lowest BCUT2D eigenvalue weighted by atomic mass is 10.0. The third-order valence-corrected chi connectivity index (χ3v) is 2.21. The molecule has 0 aliphatic carbocycles. The summed E-state index contributed by atoms with van der Waals surface area (Å²) in [5, 5.41) is 0. The molecule has 1 rings (SSSR count). The zero-order valence-electron chi connectivity index (χ0n) is 7.64. The molecule has 68 valence electrons. The molecule has 0 aromatic heterocycles. The maximum absolute atomic E-state index is 5.32. The van der Waals surface area contributed by atoms with Crippen LogP contribution in [0.2, 0.25) is 0 Å². The molecule has 0 aliphatic rings. The summed E-state index contributed by atoms with van der Waals surface area (Å²) in [5.41, 5.74) is 7.51. The van der Waals surface area contributed by atoms with Crippen LogP contribution < -0.4 is 11.3 Å². The molecule has 2 nitrogen and oxygen atoms in total. The average molecular weight is 187 g/mol. The number of rotatable bonds is 1. The van der Waals surface area contributed by atoms with E-state index in [-0.39, 0.29) is 12.4 Å². The number of halogens is 1. The number of nitrogens with one attached hydrogen (secondary N) is 1. The molecule has 1 aromatic rings. The van der Waals surface area contributed by atoms with Gasteiger partial charge in [0.05, 0.1) is 5.69 Å². The lowest BCUT2D eigenvalue weighted by Crippen LogP contribution is -2.08. The number of anilines is 1. The van der Waals surface area contributed by atoms with E-state index in [1.54, 1.807) is 0 Å². The van der Waals surface area contributed by atoms with E-state index in [1.807, 2.05) is 6.07 Å². The van der Waals surface area contributed by atoms with Crippen LogP contribution in [-0.4, -0.2) is 0 Å². The molecule has 3 N–H and O–H groups in total. The first kappa shape index (κ1) is 11.3. The van der Waals surface area contributed by atoms with Gasteiger partial charge in [-0.3, -0.25) is 5.84 Å². The number of hydrazine groups is 1. The van der Waals surface area contributed by atoms with Crippen LogP contribution in [0, 0.1) is 20.8 Å². The van der Waals surface area contributed by atoms with Crippen LogP contribution in [0.1, 0.15) is 16.7 Å². The maximum Gasteiger partial charge on any atom is 0.0517 e. The van der Waals surface area contributed by atoms with Gasteiger partial charge < -0.3 is 5.43 Å². The molecule has 0 atom stereocenters. The molecule has 0 spiro atoms. The van der Waals surface area contributed by atoms with Gasteiger partial charge in [0, 0.05) is 0 Å². The van der Waals surface area contributed by atoms with Crippen molar-refractivity contribution in [2.45, 2.75) is 20.8 Å². The summed E-state index contributed by atoms with van der Waals surface area (Å²) in [6.45, 7) is 6.27. The molecular weight excluding hydrogens is 172 g/mol. The van der Waals surface area contributed by atoms with Crippen molar-refractivity contribution in [1.82, 2.24) is 0 Å². The molecule has 0 radical (unpaired) electrons. The highest BCUT2D eigenvalue weighted by molar-refractivity contribution is 5.85. The third-order valence-electron chi connectivity index (χ3n) is 2.21. The van der Waals surface area contributed by atoms with Gasteiger partial charge in [-0.05, 0) is 43.5 Å². The third kappa shape index (κ3) is 1.90. The van der Waals surface area contributed by atoms with E-state index in [2.05, 4.69) is 32.3 Å². The van der Waals surface area contributed by atoms with E-state index >= 15 is 0 Å². The van der Waals surface area contributed by atoms with Gasteiger partial charge in [0.15, 0.2) is 0 Å². The predicted molar refractivity (Wildman–Crippen MR) is 55.7 cm³/mol. The van der Waals surface area contributed by atoms with Crippen molar-refractivity contribution >= 4 is 18.1 Å². The first-order valence-electron chi connectivity index (χ1n) is 3.70. The normalized spacial score (nSPS) is 9.00. The summed E-state index contributed by atoms with van der Waals surface area (Å²) in [7, 11) is 0. The van der Waals surface area contributed by atoms with Crippen molar-refractivity contribution in [3.05, 3.63) is 28.8 Å². The fourth-order valence-electron chi connectivity index (χ4n) is 1.11. The summed E-state index contributed by atoms with van der Waals surface area (Å²) in [4.78, 5) is 0. The van der Waals surface area contributed by atoms with Crippen molar-refractivity contribution in [1.29, 1.82) is 0 Å². The van der Waals surface area contributed by atoms with Gasteiger partial charge in [0.2, 0.25) is 0 Å². The Morgan fingerprint density at radius 3 is 2.17 bits per heavy atom. The summed E-state index contributed by atoms with van der Waals surface area (Å²) in [6.07, 6.45) is 0. The van der Waals surface area contributed by atoms with Gasteiger partial charge in [0.25, 0.3) is 0 Å². The summed E-state index contributed by atoms with van der Waals surface area (Å²) >= 11 is 0. The van der Waals surface area contributed by atoms with E-state index in [9.17, 15) is 0 Å². The molecule has 0 bridgehead atoms.